The van der Waals surface area contributed by atoms with Crippen LogP contribution in [-0.2, 0) is 9.59 Å². The van der Waals surface area contributed by atoms with Crippen LogP contribution in [0.4, 0.5) is 0 Å². The van der Waals surface area contributed by atoms with Crippen molar-refractivity contribution in [1.82, 2.24) is 0 Å². The van der Waals surface area contributed by atoms with Gasteiger partial charge in [-0.05, 0) is 11.8 Å². The van der Waals surface area contributed by atoms with Gasteiger partial charge in [-0.15, -0.1) is 0 Å². The highest BCUT2D eigenvalue weighted by Crippen LogP contribution is 1.99. The summed E-state index contributed by atoms with van der Waals surface area (Å²) in [7, 11) is 0. The van der Waals surface area contributed by atoms with E-state index in [0.717, 1.165) is 0 Å². The zero-order chi connectivity index (χ0) is 9.72. The topological polar surface area (TPSA) is 100 Å². The van der Waals surface area contributed by atoms with Crippen molar-refractivity contribution >= 4 is 23.5 Å². The predicted octanol–water partition coefficient (Wildman–Crippen LogP) is -1.81. The van der Waals surface area contributed by atoms with Gasteiger partial charge in [0.05, 0.1) is 11.0 Å². The summed E-state index contributed by atoms with van der Waals surface area (Å²) >= 11 is 4.99. The molecule has 0 atom stereocenters. The summed E-state index contributed by atoms with van der Waals surface area (Å²) < 4.78 is 0. The Kier molecular flexibility index (Phi) is 3.85. The van der Waals surface area contributed by atoms with Crippen LogP contribution in [0.25, 0.3) is 0 Å². The third kappa shape index (κ3) is 3.62. The number of rotatable bonds is 3. The molecule has 0 aliphatic rings. The summed E-state index contributed by atoms with van der Waals surface area (Å²) in [6.07, 6.45) is 1.17. The van der Waals surface area contributed by atoms with E-state index in [0.29, 0.717) is 12.2 Å². The van der Waals surface area contributed by atoms with Gasteiger partial charge in [-0.1, -0.05) is 17.7 Å². The third-order valence-corrected chi connectivity index (χ3v) is 1.07. The average molecular weight is 191 g/mol. The van der Waals surface area contributed by atoms with Gasteiger partial charge in [0.25, 0.3) is 0 Å². The fraction of sp³-hybridized carbons (Fsp3) is 0. The Morgan fingerprint density at radius 2 is 1.75 bits per heavy atom. The van der Waals surface area contributed by atoms with Gasteiger partial charge in [0.1, 0.15) is 0 Å². The largest absolute Gasteiger partial charge is 0.868 e. The maximum absolute atomic E-state index is 10.3. The Morgan fingerprint density at radius 3 is 2.08 bits per heavy atom. The van der Waals surface area contributed by atoms with Gasteiger partial charge >= 0.3 is 5.97 Å². The lowest BCUT2D eigenvalue weighted by Gasteiger charge is -2.02. The van der Waals surface area contributed by atoms with Crippen LogP contribution in [0.3, 0.4) is 0 Å². The van der Waals surface area contributed by atoms with Crippen molar-refractivity contribution in [2.75, 3.05) is 0 Å². The van der Waals surface area contributed by atoms with Crippen LogP contribution in [0, 0.1) is 0 Å². The van der Waals surface area contributed by atoms with Crippen molar-refractivity contribution in [3.05, 3.63) is 22.9 Å². The molecule has 0 radical (unpaired) electrons. The van der Waals surface area contributed by atoms with Gasteiger partial charge in [0, 0.05) is 0 Å². The summed E-state index contributed by atoms with van der Waals surface area (Å²) in [5, 5.41) is 27.5. The number of halogens is 1. The van der Waals surface area contributed by atoms with E-state index in [9.17, 15) is 19.8 Å². The number of carbonyl (C=O) groups excluding carboxylic acids is 1. The molecule has 0 aliphatic heterocycles. The average Bonchev–Trinajstić information content (AvgIpc) is 1.98. The van der Waals surface area contributed by atoms with Crippen LogP contribution in [0.5, 0.6) is 0 Å². The number of hydrogen-bond acceptors (Lipinski definition) is 4. The van der Waals surface area contributed by atoms with E-state index in [1.807, 2.05) is 0 Å². The molecular weight excluding hydrogens is 188 g/mol. The maximum Gasteiger partial charge on any atom is 0.320 e. The van der Waals surface area contributed by atoms with Gasteiger partial charge in [0.2, 0.25) is 0 Å². The molecule has 0 fully saturated rings. The van der Waals surface area contributed by atoms with E-state index >= 15 is 0 Å². The third-order valence-electron chi connectivity index (χ3n) is 0.787. The molecule has 0 aliphatic carbocycles. The monoisotopic (exact) mass is 190 g/mol. The molecule has 0 unspecified atom stereocenters. The number of allylic oxidation sites excluding steroid dienone is 2. The molecule has 0 heterocycles. The molecule has 12 heavy (non-hydrogen) atoms. The van der Waals surface area contributed by atoms with Crippen LogP contribution in [-0.4, -0.2) is 17.0 Å². The highest BCUT2D eigenvalue weighted by molar-refractivity contribution is 6.40. The molecular formula is C6H3ClO5-2. The van der Waals surface area contributed by atoms with E-state index < -0.39 is 22.7 Å². The molecule has 0 saturated heterocycles. The van der Waals surface area contributed by atoms with Gasteiger partial charge < -0.3 is 20.1 Å². The van der Waals surface area contributed by atoms with Gasteiger partial charge in [0.15, 0.2) is 0 Å². The van der Waals surface area contributed by atoms with E-state index in [4.69, 9.17) is 16.7 Å². The minimum atomic E-state index is -1.69. The first-order valence-electron chi connectivity index (χ1n) is 2.64. The van der Waals surface area contributed by atoms with Crippen LogP contribution < -0.4 is 10.2 Å². The second-order valence-electron chi connectivity index (χ2n) is 1.64. The van der Waals surface area contributed by atoms with Crippen LogP contribution >= 0.6 is 11.6 Å². The number of carbonyl (C=O) groups is 2. The van der Waals surface area contributed by atoms with Crippen LogP contribution in [0.15, 0.2) is 22.9 Å². The summed E-state index contributed by atoms with van der Waals surface area (Å²) in [5.41, 5.74) is 0. The normalized spacial score (nSPS) is 12.8. The zero-order valence-corrected chi connectivity index (χ0v) is 6.37. The Hall–Kier alpha value is -1.49. The summed E-state index contributed by atoms with van der Waals surface area (Å²) in [4.78, 5) is 19.8. The van der Waals surface area contributed by atoms with Crippen molar-refractivity contribution in [2.24, 2.45) is 0 Å². The standard InChI is InChI=1S/C6H5ClO5/c7-3(5(9)10)1-2-4(8)6(11)12/h1-2,8H,(H,9,10)(H,11,12)/p-2/b3-1-,4-2-. The van der Waals surface area contributed by atoms with Gasteiger partial charge in [-0.25, -0.2) is 4.79 Å². The molecule has 0 aromatic carbocycles. The highest BCUT2D eigenvalue weighted by atomic mass is 35.5. The first kappa shape index (κ1) is 10.5. The lowest BCUT2D eigenvalue weighted by Crippen LogP contribution is -2.22. The van der Waals surface area contributed by atoms with E-state index in [-0.39, 0.29) is 0 Å². The SMILES string of the molecule is O=C(O)/C([O-])=C/C=C(\Cl)C(=O)[O-]. The molecule has 0 aromatic rings. The maximum atomic E-state index is 10.3. The van der Waals surface area contributed by atoms with Gasteiger partial charge in [-0.3, -0.25) is 0 Å². The fourth-order valence-electron chi connectivity index (χ4n) is 0.288. The molecule has 0 spiro atoms. The van der Waals surface area contributed by atoms with Crippen molar-refractivity contribution in [3.63, 3.8) is 0 Å². The second kappa shape index (κ2) is 4.40. The Bertz CT molecular complexity index is 237. The summed E-state index contributed by atoms with van der Waals surface area (Å²) in [6.45, 7) is 0. The van der Waals surface area contributed by atoms with Crippen LogP contribution in [0.1, 0.15) is 0 Å². The number of aliphatic carboxylic acids is 2. The van der Waals surface area contributed by atoms with Crippen LogP contribution in [0.2, 0.25) is 0 Å². The predicted molar refractivity (Wildman–Crippen MR) is 34.7 cm³/mol. The van der Waals surface area contributed by atoms with E-state index in [2.05, 4.69) is 0 Å². The minimum Gasteiger partial charge on any atom is -0.868 e. The highest BCUT2D eigenvalue weighted by Gasteiger charge is 1.92. The molecule has 66 valence electrons. The molecule has 1 N–H and O–H groups in total. The number of hydrogen-bond donors (Lipinski definition) is 1. The summed E-state index contributed by atoms with van der Waals surface area (Å²) in [5.74, 6) is -4.62. The molecule has 0 amide bonds. The second-order valence-corrected chi connectivity index (χ2v) is 2.05. The fourth-order valence-corrected chi connectivity index (χ4v) is 0.351. The first-order valence-corrected chi connectivity index (χ1v) is 3.02. The smallest absolute Gasteiger partial charge is 0.320 e. The zero-order valence-electron chi connectivity index (χ0n) is 5.61. The van der Waals surface area contributed by atoms with Crippen molar-refractivity contribution in [2.45, 2.75) is 0 Å². The Morgan fingerprint density at radius 1 is 1.25 bits per heavy atom. The minimum absolute atomic E-state index is 0.528. The van der Waals surface area contributed by atoms with Crippen molar-refractivity contribution < 1.29 is 24.9 Å². The summed E-state index contributed by atoms with van der Waals surface area (Å²) in [6, 6.07) is 0. The first-order chi connectivity index (χ1) is 5.45. The molecule has 0 bridgehead atoms. The Labute approximate surface area is 72.2 Å². The number of carboxylic acid groups (broad SMARTS) is 2. The Balaban J connectivity index is 4.48. The molecule has 5 nitrogen and oxygen atoms in total. The molecule has 0 saturated carbocycles. The molecule has 0 rings (SSSR count). The molecule has 0 aromatic heterocycles. The van der Waals surface area contributed by atoms with E-state index in [1.165, 1.54) is 0 Å². The van der Waals surface area contributed by atoms with Crippen molar-refractivity contribution in [3.8, 4) is 0 Å². The quantitative estimate of drug-likeness (QED) is 0.321. The molecule has 6 heteroatoms. The lowest BCUT2D eigenvalue weighted by atomic mass is 10.4. The van der Waals surface area contributed by atoms with Gasteiger partial charge in [-0.2, -0.15) is 0 Å². The lowest BCUT2D eigenvalue weighted by molar-refractivity contribution is -0.302. The van der Waals surface area contributed by atoms with E-state index in [1.54, 1.807) is 0 Å². The van der Waals surface area contributed by atoms with Crippen molar-refractivity contribution in [1.29, 1.82) is 0 Å². The number of carboxylic acids is 2.